The first-order chi connectivity index (χ1) is 5.27. The first-order valence-corrected chi connectivity index (χ1v) is 4.63. The Hall–Kier alpha value is -0.0800. The van der Waals surface area contributed by atoms with E-state index in [-0.39, 0.29) is 10.8 Å². The molecule has 0 aromatic carbocycles. The van der Waals surface area contributed by atoms with E-state index >= 15 is 0 Å². The molecule has 2 atom stereocenters. The van der Waals surface area contributed by atoms with Crippen molar-refractivity contribution in [2.24, 2.45) is 10.8 Å². The second-order valence-electron chi connectivity index (χ2n) is 5.37. The summed E-state index contributed by atoms with van der Waals surface area (Å²) < 4.78 is 0. The van der Waals surface area contributed by atoms with Crippen LogP contribution < -0.4 is 0 Å². The minimum absolute atomic E-state index is 0.130. The van der Waals surface area contributed by atoms with Crippen LogP contribution >= 0.6 is 0 Å². The van der Waals surface area contributed by atoms with Crippen LogP contribution in [0.15, 0.2) is 0 Å². The molecule has 0 aliphatic heterocycles. The van der Waals surface area contributed by atoms with Crippen molar-refractivity contribution in [3.8, 4) is 0 Å². The fraction of sp³-hybridized carbons (Fsp3) is 1.00. The molecule has 0 saturated heterocycles. The van der Waals surface area contributed by atoms with E-state index in [0.29, 0.717) is 0 Å². The highest BCUT2D eigenvalue weighted by atomic mass is 16.3. The number of rotatable bonds is 0. The number of aliphatic hydroxyl groups is 2. The zero-order valence-electron chi connectivity index (χ0n) is 8.46. The van der Waals surface area contributed by atoms with Crippen molar-refractivity contribution in [3.05, 3.63) is 0 Å². The van der Waals surface area contributed by atoms with E-state index in [1.165, 1.54) is 0 Å². The van der Waals surface area contributed by atoms with Crippen LogP contribution in [0.4, 0.5) is 0 Å². The molecule has 2 nitrogen and oxygen atoms in total. The Morgan fingerprint density at radius 1 is 0.833 bits per heavy atom. The third-order valence-electron chi connectivity index (χ3n) is 3.31. The van der Waals surface area contributed by atoms with Crippen LogP contribution in [0.5, 0.6) is 0 Å². The summed E-state index contributed by atoms with van der Waals surface area (Å²) in [6.07, 6.45) is 0.804. The Morgan fingerprint density at radius 2 is 1.08 bits per heavy atom. The fourth-order valence-corrected chi connectivity index (χ4v) is 1.79. The van der Waals surface area contributed by atoms with Crippen LogP contribution in [0.1, 0.15) is 40.5 Å². The van der Waals surface area contributed by atoms with E-state index in [4.69, 9.17) is 0 Å². The molecule has 0 aromatic rings. The predicted octanol–water partition coefficient (Wildman–Crippen LogP) is 1.55. The van der Waals surface area contributed by atoms with Crippen molar-refractivity contribution in [2.75, 3.05) is 0 Å². The van der Waals surface area contributed by atoms with Crippen molar-refractivity contribution < 1.29 is 10.2 Å². The van der Waals surface area contributed by atoms with Crippen LogP contribution in [0.3, 0.4) is 0 Å². The molecule has 1 aliphatic carbocycles. The van der Waals surface area contributed by atoms with Gasteiger partial charge in [-0.25, -0.2) is 0 Å². The maximum atomic E-state index is 9.79. The summed E-state index contributed by atoms with van der Waals surface area (Å²) in [5.41, 5.74) is -0.260. The van der Waals surface area contributed by atoms with Gasteiger partial charge in [0.1, 0.15) is 0 Å². The Bertz CT molecular complexity index is 153. The van der Waals surface area contributed by atoms with Crippen LogP contribution in [0.25, 0.3) is 0 Å². The van der Waals surface area contributed by atoms with Crippen molar-refractivity contribution in [1.29, 1.82) is 0 Å². The lowest BCUT2D eigenvalue weighted by Crippen LogP contribution is -2.51. The maximum Gasteiger partial charge on any atom is 0.0855 e. The first kappa shape index (κ1) is 10.0. The monoisotopic (exact) mass is 172 g/mol. The summed E-state index contributed by atoms with van der Waals surface area (Å²) in [7, 11) is 0. The normalized spacial score (nSPS) is 39.5. The highest BCUT2D eigenvalue weighted by Crippen LogP contribution is 2.44. The van der Waals surface area contributed by atoms with Gasteiger partial charge in [-0.1, -0.05) is 27.7 Å². The summed E-state index contributed by atoms with van der Waals surface area (Å²) in [6, 6.07) is 0. The summed E-state index contributed by atoms with van der Waals surface area (Å²) in [5.74, 6) is 0. The molecule has 72 valence electrons. The molecule has 1 saturated carbocycles. The maximum absolute atomic E-state index is 9.79. The summed E-state index contributed by atoms with van der Waals surface area (Å²) in [6.45, 7) is 8.04. The van der Waals surface area contributed by atoms with E-state index in [0.717, 1.165) is 12.8 Å². The minimum atomic E-state index is -0.582. The fourth-order valence-electron chi connectivity index (χ4n) is 1.79. The average Bonchev–Trinajstić information content (AvgIpc) is 1.96. The second kappa shape index (κ2) is 2.71. The average molecular weight is 172 g/mol. The van der Waals surface area contributed by atoms with Gasteiger partial charge in [-0.2, -0.15) is 0 Å². The Kier molecular flexibility index (Phi) is 2.26. The van der Waals surface area contributed by atoms with Gasteiger partial charge in [0.2, 0.25) is 0 Å². The van der Waals surface area contributed by atoms with E-state index in [1.54, 1.807) is 0 Å². The number of hydrogen-bond donors (Lipinski definition) is 2. The van der Waals surface area contributed by atoms with Gasteiger partial charge in [-0.05, 0) is 23.7 Å². The molecule has 0 unspecified atom stereocenters. The van der Waals surface area contributed by atoms with E-state index in [9.17, 15) is 10.2 Å². The molecule has 2 heteroatoms. The van der Waals surface area contributed by atoms with Crippen molar-refractivity contribution in [2.45, 2.75) is 52.7 Å². The van der Waals surface area contributed by atoms with E-state index in [2.05, 4.69) is 0 Å². The highest BCUT2D eigenvalue weighted by Gasteiger charge is 2.46. The van der Waals surface area contributed by atoms with Gasteiger partial charge >= 0.3 is 0 Å². The smallest absolute Gasteiger partial charge is 0.0855 e. The highest BCUT2D eigenvalue weighted by molar-refractivity contribution is 4.96. The van der Waals surface area contributed by atoms with Crippen molar-refractivity contribution >= 4 is 0 Å². The molecule has 1 fully saturated rings. The molecule has 0 aromatic heterocycles. The summed E-state index contributed by atoms with van der Waals surface area (Å²) >= 11 is 0. The van der Waals surface area contributed by atoms with Crippen molar-refractivity contribution in [1.82, 2.24) is 0 Å². The summed E-state index contributed by atoms with van der Waals surface area (Å²) in [5, 5.41) is 19.6. The first-order valence-electron chi connectivity index (χ1n) is 4.63. The van der Waals surface area contributed by atoms with Gasteiger partial charge in [-0.3, -0.25) is 0 Å². The molecule has 0 amide bonds. The van der Waals surface area contributed by atoms with Crippen LogP contribution in [0, 0.1) is 10.8 Å². The molecule has 0 bridgehead atoms. The zero-order chi connectivity index (χ0) is 9.57. The third kappa shape index (κ3) is 1.50. The SMILES string of the molecule is CC1(C)CCC(C)(C)[C@@H](O)[C@@H]1O. The number of hydrogen-bond acceptors (Lipinski definition) is 2. The van der Waals surface area contributed by atoms with Gasteiger partial charge in [-0.15, -0.1) is 0 Å². The lowest BCUT2D eigenvalue weighted by molar-refractivity contribution is -0.137. The largest absolute Gasteiger partial charge is 0.390 e. The Balaban J connectivity index is 2.80. The van der Waals surface area contributed by atoms with E-state index in [1.807, 2.05) is 27.7 Å². The predicted molar refractivity (Wildman–Crippen MR) is 48.8 cm³/mol. The molecule has 1 rings (SSSR count). The molecule has 2 N–H and O–H groups in total. The van der Waals surface area contributed by atoms with Gasteiger partial charge in [0.05, 0.1) is 12.2 Å². The standard InChI is InChI=1S/C10H20O2/c1-9(2)5-6-10(3,4)8(12)7(9)11/h7-8,11-12H,5-6H2,1-4H3/t7-,8-/m0/s1. The molecule has 0 heterocycles. The Morgan fingerprint density at radius 3 is 1.33 bits per heavy atom. The summed E-state index contributed by atoms with van der Waals surface area (Å²) in [4.78, 5) is 0. The van der Waals surface area contributed by atoms with Gasteiger partial charge in [0, 0.05) is 0 Å². The van der Waals surface area contributed by atoms with Gasteiger partial charge in [0.25, 0.3) is 0 Å². The quantitative estimate of drug-likeness (QED) is 0.582. The second-order valence-corrected chi connectivity index (χ2v) is 5.37. The van der Waals surface area contributed by atoms with E-state index < -0.39 is 12.2 Å². The lowest BCUT2D eigenvalue weighted by atomic mass is 9.63. The molecular weight excluding hydrogens is 152 g/mol. The molecule has 1 aliphatic rings. The van der Waals surface area contributed by atoms with Crippen LogP contribution in [-0.4, -0.2) is 22.4 Å². The van der Waals surface area contributed by atoms with Crippen molar-refractivity contribution in [3.63, 3.8) is 0 Å². The molecule has 0 radical (unpaired) electrons. The molecular formula is C10H20O2. The van der Waals surface area contributed by atoms with Crippen LogP contribution in [0.2, 0.25) is 0 Å². The van der Waals surface area contributed by atoms with Crippen LogP contribution in [-0.2, 0) is 0 Å². The van der Waals surface area contributed by atoms with Gasteiger partial charge in [0.15, 0.2) is 0 Å². The number of aliphatic hydroxyl groups excluding tert-OH is 2. The third-order valence-corrected chi connectivity index (χ3v) is 3.31. The topological polar surface area (TPSA) is 40.5 Å². The Labute approximate surface area is 74.6 Å². The molecule has 12 heavy (non-hydrogen) atoms. The van der Waals surface area contributed by atoms with Gasteiger partial charge < -0.3 is 10.2 Å². The minimum Gasteiger partial charge on any atom is -0.390 e. The lowest BCUT2D eigenvalue weighted by Gasteiger charge is -2.47. The zero-order valence-corrected chi connectivity index (χ0v) is 8.46. The molecule has 0 spiro atoms.